The molecule has 4 nitrogen and oxygen atoms in total. The van der Waals surface area contributed by atoms with Crippen LogP contribution in [0.25, 0.3) is 22.8 Å². The molecule has 3 aromatic rings. The zero-order valence-electron chi connectivity index (χ0n) is 14.4. The van der Waals surface area contributed by atoms with Gasteiger partial charge in [-0.2, -0.15) is 0 Å². The molecule has 0 atom stereocenters. The van der Waals surface area contributed by atoms with E-state index >= 15 is 0 Å². The summed E-state index contributed by atoms with van der Waals surface area (Å²) in [6.45, 7) is 2.53. The standard InChI is InChI=1S/C22H18N2O2/c1-2-26-17-9-10-19-20(22(25)24-21(19)13-17)12-15-6-3-4-8-18(15)16-7-5-11-23-14-16/h3-14H,2H2,1H3,(H,24,25). The van der Waals surface area contributed by atoms with E-state index in [1.165, 1.54) is 0 Å². The highest BCUT2D eigenvalue weighted by molar-refractivity contribution is 6.35. The van der Waals surface area contributed by atoms with Gasteiger partial charge in [-0.05, 0) is 42.3 Å². The first-order valence-corrected chi connectivity index (χ1v) is 8.56. The highest BCUT2D eigenvalue weighted by Crippen LogP contribution is 2.37. The Balaban J connectivity index is 1.78. The number of anilines is 1. The second-order valence-corrected chi connectivity index (χ2v) is 5.98. The number of hydrogen-bond acceptors (Lipinski definition) is 3. The highest BCUT2D eigenvalue weighted by atomic mass is 16.5. The number of nitrogens with zero attached hydrogens (tertiary/aromatic N) is 1. The Labute approximate surface area is 152 Å². The third-order valence-electron chi connectivity index (χ3n) is 4.32. The number of hydrogen-bond donors (Lipinski definition) is 1. The molecule has 0 radical (unpaired) electrons. The summed E-state index contributed by atoms with van der Waals surface area (Å²) in [6.07, 6.45) is 5.51. The first-order chi connectivity index (χ1) is 12.8. The Bertz CT molecular complexity index is 994. The molecule has 0 saturated carbocycles. The summed E-state index contributed by atoms with van der Waals surface area (Å²) in [4.78, 5) is 16.7. The van der Waals surface area contributed by atoms with Crippen LogP contribution < -0.4 is 10.1 Å². The highest BCUT2D eigenvalue weighted by Gasteiger charge is 2.24. The molecule has 0 bridgehead atoms. The third-order valence-corrected chi connectivity index (χ3v) is 4.32. The average molecular weight is 342 g/mol. The van der Waals surface area contributed by atoms with E-state index in [9.17, 15) is 4.79 Å². The fourth-order valence-electron chi connectivity index (χ4n) is 3.14. The number of fused-ring (bicyclic) bond motifs is 1. The molecular weight excluding hydrogens is 324 g/mol. The molecule has 1 N–H and O–H groups in total. The van der Waals surface area contributed by atoms with Crippen molar-refractivity contribution in [2.45, 2.75) is 6.92 Å². The molecule has 1 aliphatic heterocycles. The second kappa shape index (κ2) is 6.84. The summed E-state index contributed by atoms with van der Waals surface area (Å²) < 4.78 is 5.52. The van der Waals surface area contributed by atoms with E-state index in [4.69, 9.17) is 4.74 Å². The molecule has 2 heterocycles. The van der Waals surface area contributed by atoms with Gasteiger partial charge in [0.2, 0.25) is 0 Å². The topological polar surface area (TPSA) is 51.2 Å². The van der Waals surface area contributed by atoms with Gasteiger partial charge in [0.1, 0.15) is 5.75 Å². The van der Waals surface area contributed by atoms with Gasteiger partial charge in [-0.15, -0.1) is 0 Å². The zero-order valence-corrected chi connectivity index (χ0v) is 14.4. The van der Waals surface area contributed by atoms with Crippen molar-refractivity contribution in [1.29, 1.82) is 0 Å². The summed E-state index contributed by atoms with van der Waals surface area (Å²) in [5, 5.41) is 2.93. The number of carbonyl (C=O) groups is 1. The van der Waals surface area contributed by atoms with Gasteiger partial charge in [-0.3, -0.25) is 9.78 Å². The summed E-state index contributed by atoms with van der Waals surface area (Å²) in [7, 11) is 0. The first-order valence-electron chi connectivity index (χ1n) is 8.56. The van der Waals surface area contributed by atoms with Gasteiger partial charge in [0.05, 0.1) is 12.3 Å². The van der Waals surface area contributed by atoms with Gasteiger partial charge in [-0.1, -0.05) is 30.3 Å². The molecule has 1 amide bonds. The number of rotatable bonds is 4. The minimum Gasteiger partial charge on any atom is -0.494 e. The number of nitrogens with one attached hydrogen (secondary N) is 1. The van der Waals surface area contributed by atoms with Crippen LogP contribution in [0.3, 0.4) is 0 Å². The number of pyridine rings is 1. The lowest BCUT2D eigenvalue weighted by molar-refractivity contribution is -0.110. The SMILES string of the molecule is CCOc1ccc2c(c1)NC(=O)C2=Cc1ccccc1-c1cccnc1. The van der Waals surface area contributed by atoms with Gasteiger partial charge in [0.25, 0.3) is 5.91 Å². The van der Waals surface area contributed by atoms with Crippen molar-refractivity contribution < 1.29 is 9.53 Å². The molecule has 0 aliphatic carbocycles. The van der Waals surface area contributed by atoms with Crippen molar-refractivity contribution in [3.8, 4) is 16.9 Å². The van der Waals surface area contributed by atoms with Crippen molar-refractivity contribution in [1.82, 2.24) is 4.98 Å². The van der Waals surface area contributed by atoms with E-state index in [0.717, 1.165) is 33.7 Å². The average Bonchev–Trinajstić information content (AvgIpc) is 2.98. The normalized spacial score (nSPS) is 14.2. The van der Waals surface area contributed by atoms with Crippen LogP contribution in [0, 0.1) is 0 Å². The Morgan fingerprint density at radius 2 is 1.96 bits per heavy atom. The van der Waals surface area contributed by atoms with Crippen LogP contribution in [0.4, 0.5) is 5.69 Å². The largest absolute Gasteiger partial charge is 0.494 e. The maximum absolute atomic E-state index is 12.5. The van der Waals surface area contributed by atoms with Crippen LogP contribution >= 0.6 is 0 Å². The van der Waals surface area contributed by atoms with Crippen LogP contribution in [0.15, 0.2) is 67.0 Å². The van der Waals surface area contributed by atoms with Crippen molar-refractivity contribution in [2.75, 3.05) is 11.9 Å². The molecule has 4 rings (SSSR count). The van der Waals surface area contributed by atoms with Crippen LogP contribution in [0.2, 0.25) is 0 Å². The molecule has 0 unspecified atom stereocenters. The van der Waals surface area contributed by atoms with E-state index in [1.54, 1.807) is 6.20 Å². The van der Waals surface area contributed by atoms with E-state index in [0.29, 0.717) is 12.2 Å². The quantitative estimate of drug-likeness (QED) is 0.703. The van der Waals surface area contributed by atoms with Gasteiger partial charge >= 0.3 is 0 Å². The first kappa shape index (κ1) is 16.1. The molecular formula is C22H18N2O2. The third kappa shape index (κ3) is 2.97. The van der Waals surface area contributed by atoms with Crippen molar-refractivity contribution in [3.63, 3.8) is 0 Å². The Kier molecular flexibility index (Phi) is 4.23. The smallest absolute Gasteiger partial charge is 0.256 e. The van der Waals surface area contributed by atoms with Crippen molar-refractivity contribution in [3.05, 3.63) is 78.1 Å². The molecule has 26 heavy (non-hydrogen) atoms. The van der Waals surface area contributed by atoms with E-state index < -0.39 is 0 Å². The summed E-state index contributed by atoms with van der Waals surface area (Å²) >= 11 is 0. The van der Waals surface area contributed by atoms with Gasteiger partial charge in [0.15, 0.2) is 0 Å². The summed E-state index contributed by atoms with van der Waals surface area (Å²) in [5.74, 6) is 0.651. The van der Waals surface area contributed by atoms with Crippen LogP contribution in [-0.2, 0) is 4.79 Å². The predicted molar refractivity (Wildman–Crippen MR) is 104 cm³/mol. The van der Waals surface area contributed by atoms with Crippen LogP contribution in [0.1, 0.15) is 18.1 Å². The molecule has 128 valence electrons. The molecule has 0 spiro atoms. The molecule has 0 saturated heterocycles. The van der Waals surface area contributed by atoms with Crippen LogP contribution in [0.5, 0.6) is 5.75 Å². The van der Waals surface area contributed by atoms with Gasteiger partial charge in [0, 0.05) is 35.2 Å². The van der Waals surface area contributed by atoms with E-state index in [-0.39, 0.29) is 5.91 Å². The number of benzene rings is 2. The molecule has 0 fully saturated rings. The Morgan fingerprint density at radius 1 is 1.08 bits per heavy atom. The second-order valence-electron chi connectivity index (χ2n) is 5.98. The van der Waals surface area contributed by atoms with Gasteiger partial charge in [-0.25, -0.2) is 0 Å². The number of aromatic nitrogens is 1. The Morgan fingerprint density at radius 3 is 2.77 bits per heavy atom. The number of carbonyl (C=O) groups excluding carboxylic acids is 1. The lowest BCUT2D eigenvalue weighted by Gasteiger charge is -2.07. The van der Waals surface area contributed by atoms with E-state index in [1.807, 2.05) is 73.8 Å². The number of ether oxygens (including phenoxy) is 1. The molecule has 1 aliphatic rings. The van der Waals surface area contributed by atoms with Crippen molar-refractivity contribution >= 4 is 23.2 Å². The maximum atomic E-state index is 12.5. The molecule has 1 aromatic heterocycles. The zero-order chi connectivity index (χ0) is 17.9. The fraction of sp³-hybridized carbons (Fsp3) is 0.0909. The van der Waals surface area contributed by atoms with Crippen LogP contribution in [-0.4, -0.2) is 17.5 Å². The lowest BCUT2D eigenvalue weighted by Crippen LogP contribution is -2.03. The fourth-order valence-corrected chi connectivity index (χ4v) is 3.14. The number of amides is 1. The maximum Gasteiger partial charge on any atom is 0.256 e. The monoisotopic (exact) mass is 342 g/mol. The van der Waals surface area contributed by atoms with Gasteiger partial charge < -0.3 is 10.1 Å². The summed E-state index contributed by atoms with van der Waals surface area (Å²) in [6, 6.07) is 17.6. The Hall–Kier alpha value is -3.40. The molecule has 4 heteroatoms. The van der Waals surface area contributed by atoms with Crippen molar-refractivity contribution in [2.24, 2.45) is 0 Å². The van der Waals surface area contributed by atoms with E-state index in [2.05, 4.69) is 10.3 Å². The lowest BCUT2D eigenvalue weighted by atomic mass is 9.97. The minimum absolute atomic E-state index is 0.102. The minimum atomic E-state index is -0.102. The molecule has 2 aromatic carbocycles. The summed E-state index contributed by atoms with van der Waals surface area (Å²) in [5.41, 5.74) is 5.36. The predicted octanol–water partition coefficient (Wildman–Crippen LogP) is 4.64.